The van der Waals surface area contributed by atoms with Gasteiger partial charge in [-0.25, -0.2) is 9.55 Å². The number of thiazole rings is 1. The number of hydrogen-bond acceptors (Lipinski definition) is 11. The van der Waals surface area contributed by atoms with Crippen LogP contribution in [0.1, 0.15) is 43.4 Å². The molecule has 0 unspecified atom stereocenters. The molecule has 0 bridgehead atoms. The van der Waals surface area contributed by atoms with Crippen molar-refractivity contribution in [3.05, 3.63) is 58.0 Å². The molecule has 0 spiro atoms. The lowest BCUT2D eigenvalue weighted by atomic mass is 9.90. The molecular formula is C28H29N7O6S2. The van der Waals surface area contributed by atoms with E-state index >= 15 is 0 Å². The Morgan fingerprint density at radius 2 is 2.09 bits per heavy atom. The van der Waals surface area contributed by atoms with Crippen LogP contribution >= 0.6 is 23.1 Å². The van der Waals surface area contributed by atoms with Crippen molar-refractivity contribution in [1.82, 2.24) is 20.5 Å². The maximum absolute atomic E-state index is 13.5. The van der Waals surface area contributed by atoms with E-state index in [1.54, 1.807) is 28.3 Å². The van der Waals surface area contributed by atoms with E-state index in [4.69, 9.17) is 10.6 Å². The Labute approximate surface area is 254 Å². The lowest BCUT2D eigenvalue weighted by Gasteiger charge is -2.51. The summed E-state index contributed by atoms with van der Waals surface area (Å²) < 4.78 is 1.80. The van der Waals surface area contributed by atoms with Gasteiger partial charge in [-0.3, -0.25) is 19.3 Å². The molecule has 4 aliphatic rings. The van der Waals surface area contributed by atoms with Crippen molar-refractivity contribution >= 4 is 63.2 Å². The summed E-state index contributed by atoms with van der Waals surface area (Å²) >= 11 is 2.43. The molecule has 4 N–H and O–H groups in total. The fraction of sp³-hybridized carbons (Fsp3) is 0.393. The van der Waals surface area contributed by atoms with Crippen LogP contribution in [0.15, 0.2) is 51.9 Å². The number of aliphatic carboxylic acids is 1. The molecule has 3 amide bonds. The summed E-state index contributed by atoms with van der Waals surface area (Å²) in [5.41, 5.74) is 7.47. The zero-order valence-electron chi connectivity index (χ0n) is 23.2. The average molecular weight is 624 g/mol. The number of nitrogens with two attached hydrogens (primary N) is 1. The molecule has 6 rings (SSSR count). The molecule has 224 valence electrons. The van der Waals surface area contributed by atoms with Crippen molar-refractivity contribution < 1.29 is 33.7 Å². The number of rotatable bonds is 8. The normalized spacial score (nSPS) is 23.6. The number of thioether (sulfide) groups is 1. The molecule has 2 saturated heterocycles. The van der Waals surface area contributed by atoms with E-state index in [9.17, 15) is 24.3 Å². The maximum Gasteiger partial charge on any atom is 0.276 e. The number of nitrogens with zero attached hydrogens (tertiary/aromatic N) is 4. The maximum atomic E-state index is 13.5. The molecule has 15 heteroatoms. The Hall–Kier alpha value is -4.24. The lowest BCUT2D eigenvalue weighted by Crippen LogP contribution is -2.71. The number of aryl methyl sites for hydroxylation is 1. The second-order valence-corrected chi connectivity index (χ2v) is 12.6. The van der Waals surface area contributed by atoms with Gasteiger partial charge >= 0.3 is 0 Å². The summed E-state index contributed by atoms with van der Waals surface area (Å²) in [6.45, 7) is 0.427. The van der Waals surface area contributed by atoms with Gasteiger partial charge in [0.15, 0.2) is 23.2 Å². The summed E-state index contributed by atoms with van der Waals surface area (Å²) in [5, 5.41) is 23.3. The molecule has 3 aliphatic heterocycles. The van der Waals surface area contributed by atoms with Gasteiger partial charge in [-0.2, -0.15) is 0 Å². The first-order valence-corrected chi connectivity index (χ1v) is 15.8. The molecule has 0 radical (unpaired) electrons. The van der Waals surface area contributed by atoms with Gasteiger partial charge in [-0.15, -0.1) is 23.1 Å². The summed E-state index contributed by atoms with van der Waals surface area (Å²) in [7, 11) is 1.82. The first kappa shape index (κ1) is 28.9. The van der Waals surface area contributed by atoms with Crippen molar-refractivity contribution in [3.63, 3.8) is 0 Å². The highest BCUT2D eigenvalue weighted by atomic mass is 32.2. The quantitative estimate of drug-likeness (QED) is 0.116. The molecule has 2 aromatic rings. The average Bonchev–Trinajstić information content (AvgIpc) is 3.75. The zero-order valence-corrected chi connectivity index (χ0v) is 24.8. The fourth-order valence-electron chi connectivity index (χ4n) is 5.76. The summed E-state index contributed by atoms with van der Waals surface area (Å²) in [6, 6.07) is 2.57. The molecule has 43 heavy (non-hydrogen) atoms. The van der Waals surface area contributed by atoms with Gasteiger partial charge in [0.05, 0.1) is 11.7 Å². The third kappa shape index (κ3) is 5.49. The van der Waals surface area contributed by atoms with Gasteiger partial charge < -0.3 is 31.1 Å². The minimum atomic E-state index is -1.54. The van der Waals surface area contributed by atoms with Crippen LogP contribution in [0.5, 0.6) is 0 Å². The van der Waals surface area contributed by atoms with Crippen LogP contribution in [0, 0.1) is 0 Å². The van der Waals surface area contributed by atoms with Crippen molar-refractivity contribution in [2.45, 2.75) is 49.6 Å². The molecule has 1 aliphatic carbocycles. The first-order valence-electron chi connectivity index (χ1n) is 13.9. The number of aromatic nitrogens is 2. The van der Waals surface area contributed by atoms with Crippen LogP contribution in [-0.2, 0) is 31.1 Å². The van der Waals surface area contributed by atoms with Gasteiger partial charge in [0, 0.05) is 40.5 Å². The van der Waals surface area contributed by atoms with E-state index in [0.29, 0.717) is 35.2 Å². The van der Waals surface area contributed by atoms with E-state index in [2.05, 4.69) is 20.8 Å². The van der Waals surface area contributed by atoms with Gasteiger partial charge in [0.25, 0.3) is 11.8 Å². The predicted octanol–water partition coefficient (Wildman–Crippen LogP) is -0.409. The SMILES string of the molecule is C[n+]1cccc(C(=C2CCNC2=O)C2=C(C(=O)[O-])N3C(=O)[C@@H](NC(=O)C(=NOC4CCCC4)c4csc(N)n4)[C@H]3SC2)c1. The standard InChI is InChI=1S/C28H29N7O6S2/c1-34-10-4-5-14(11-34)19(16-8-9-30-23(16)36)17-12-42-26-21(25(38)35(26)22(17)27(39)40)32-24(37)20(18-13-43-28(29)31-18)33-41-15-6-2-3-7-15/h4-5,10-11,13,15,21,26H,2-3,6-9,12H2,1H3,(H4-,29,30,31,32,36,37,39,40)/t21-,26-/m1/s1. The number of amides is 3. The Morgan fingerprint density at radius 1 is 1.30 bits per heavy atom. The fourth-order valence-corrected chi connectivity index (χ4v) is 7.66. The zero-order chi connectivity index (χ0) is 30.2. The van der Waals surface area contributed by atoms with Gasteiger partial charge in [0.1, 0.15) is 30.3 Å². The predicted molar refractivity (Wildman–Crippen MR) is 156 cm³/mol. The van der Waals surface area contributed by atoms with Crippen LogP contribution in [-0.4, -0.2) is 69.1 Å². The first-order chi connectivity index (χ1) is 20.7. The van der Waals surface area contributed by atoms with Gasteiger partial charge in [0.2, 0.25) is 5.91 Å². The van der Waals surface area contributed by atoms with Crippen LogP contribution < -0.4 is 26.0 Å². The highest BCUT2D eigenvalue weighted by Gasteiger charge is 2.54. The van der Waals surface area contributed by atoms with Crippen molar-refractivity contribution in [2.24, 2.45) is 12.2 Å². The molecule has 2 atom stereocenters. The third-order valence-electron chi connectivity index (χ3n) is 7.79. The minimum absolute atomic E-state index is 0.111. The van der Waals surface area contributed by atoms with E-state index in [-0.39, 0.29) is 40.0 Å². The van der Waals surface area contributed by atoms with E-state index < -0.39 is 29.2 Å². The Bertz CT molecular complexity index is 1610. The monoisotopic (exact) mass is 623 g/mol. The number of hydrogen-bond donors (Lipinski definition) is 3. The molecule has 0 aromatic carbocycles. The number of β-lactam (4-membered cyclic amide) rings is 1. The van der Waals surface area contributed by atoms with Crippen LogP contribution in [0.4, 0.5) is 5.13 Å². The van der Waals surface area contributed by atoms with Crippen molar-refractivity contribution in [3.8, 4) is 0 Å². The molecule has 5 heterocycles. The molecule has 1 saturated carbocycles. The number of carbonyl (C=O) groups excluding carboxylic acids is 4. The molecule has 2 aromatic heterocycles. The van der Waals surface area contributed by atoms with Crippen LogP contribution in [0.2, 0.25) is 0 Å². The second kappa shape index (κ2) is 11.8. The van der Waals surface area contributed by atoms with Gasteiger partial charge in [-0.1, -0.05) is 5.16 Å². The summed E-state index contributed by atoms with van der Waals surface area (Å²) in [4.78, 5) is 63.2. The van der Waals surface area contributed by atoms with E-state index in [0.717, 1.165) is 41.9 Å². The number of pyridine rings is 1. The smallest absolute Gasteiger partial charge is 0.276 e. The number of carboxylic acids is 1. The van der Waals surface area contributed by atoms with Crippen LogP contribution in [0.25, 0.3) is 5.57 Å². The second-order valence-electron chi connectivity index (χ2n) is 10.6. The Kier molecular flexibility index (Phi) is 7.92. The summed E-state index contributed by atoms with van der Waals surface area (Å²) in [6.07, 6.45) is 7.59. The lowest BCUT2D eigenvalue weighted by molar-refractivity contribution is -0.671. The topological polar surface area (TPSA) is 183 Å². The highest BCUT2D eigenvalue weighted by molar-refractivity contribution is 8.00. The van der Waals surface area contributed by atoms with Crippen LogP contribution in [0.3, 0.4) is 0 Å². The molecular weight excluding hydrogens is 594 g/mol. The highest BCUT2D eigenvalue weighted by Crippen LogP contribution is 2.45. The van der Waals surface area contributed by atoms with Crippen molar-refractivity contribution in [2.75, 3.05) is 18.0 Å². The van der Waals surface area contributed by atoms with E-state index in [1.165, 1.54) is 11.8 Å². The minimum Gasteiger partial charge on any atom is -0.543 e. The number of nitrogen functional groups attached to an aromatic ring is 1. The number of allylic oxidation sites excluding steroid dienone is 1. The molecule has 3 fully saturated rings. The Balaban J connectivity index is 1.30. The number of oxime groups is 1. The number of carboxylic acid groups (broad SMARTS) is 1. The number of carbonyl (C=O) groups is 4. The van der Waals surface area contributed by atoms with Gasteiger partial charge in [-0.05, 0) is 43.7 Å². The largest absolute Gasteiger partial charge is 0.543 e. The van der Waals surface area contributed by atoms with E-state index in [1.807, 2.05) is 13.2 Å². The number of fused-ring (bicyclic) bond motifs is 1. The Morgan fingerprint density at radius 3 is 2.74 bits per heavy atom. The number of nitrogens with one attached hydrogen (secondary N) is 2. The summed E-state index contributed by atoms with van der Waals surface area (Å²) in [5.74, 6) is -2.96. The number of anilines is 1. The molecule has 13 nitrogen and oxygen atoms in total. The third-order valence-corrected chi connectivity index (χ3v) is 9.74. The van der Waals surface area contributed by atoms with Crippen molar-refractivity contribution in [1.29, 1.82) is 0 Å².